The fourth-order valence-corrected chi connectivity index (χ4v) is 3.37. The lowest BCUT2D eigenvalue weighted by Crippen LogP contribution is -2.29. The third kappa shape index (κ3) is 4.20. The van der Waals surface area contributed by atoms with Crippen LogP contribution in [0.5, 0.6) is 0 Å². The van der Waals surface area contributed by atoms with E-state index in [2.05, 4.69) is 31.6 Å². The van der Waals surface area contributed by atoms with Crippen LogP contribution in [0.4, 0.5) is 8.78 Å². The van der Waals surface area contributed by atoms with Gasteiger partial charge in [-0.05, 0) is 43.2 Å². The van der Waals surface area contributed by atoms with Crippen molar-refractivity contribution in [3.05, 3.63) is 75.5 Å². The van der Waals surface area contributed by atoms with Gasteiger partial charge in [-0.15, -0.1) is 5.10 Å². The van der Waals surface area contributed by atoms with Crippen LogP contribution in [0, 0.1) is 11.6 Å². The number of aliphatic hydroxyl groups excluding tert-OH is 1. The van der Waals surface area contributed by atoms with Crippen LogP contribution in [0.15, 0.2) is 46.9 Å². The number of nitrogens with one attached hydrogen (secondary N) is 1. The minimum Gasteiger partial charge on any atom is -0.386 e. The zero-order valence-corrected chi connectivity index (χ0v) is 16.7. The molecule has 6 nitrogen and oxygen atoms in total. The van der Waals surface area contributed by atoms with Crippen molar-refractivity contribution in [1.82, 2.24) is 20.3 Å². The number of benzene rings is 2. The van der Waals surface area contributed by atoms with Gasteiger partial charge in [0.05, 0.1) is 17.5 Å². The maximum atomic E-state index is 13.8. The number of amides is 1. The average Bonchev–Trinajstić information content (AvgIpc) is 3.44. The number of rotatable bonds is 6. The van der Waals surface area contributed by atoms with Crippen LogP contribution in [-0.4, -0.2) is 32.6 Å². The molecule has 0 spiro atoms. The fraction of sp³-hybridized carbons (Fsp3) is 0.250. The monoisotopic (exact) mass is 462 g/mol. The Kier molecular flexibility index (Phi) is 5.42. The summed E-state index contributed by atoms with van der Waals surface area (Å²) >= 11 is 3.39. The van der Waals surface area contributed by atoms with E-state index in [1.807, 2.05) is 24.3 Å². The van der Waals surface area contributed by atoms with Crippen LogP contribution >= 0.6 is 15.9 Å². The number of halogens is 3. The molecule has 1 saturated carbocycles. The molecular formula is C20H17BrF2N4O2. The van der Waals surface area contributed by atoms with Crippen molar-refractivity contribution in [1.29, 1.82) is 0 Å². The summed E-state index contributed by atoms with van der Waals surface area (Å²) in [7, 11) is 0. The van der Waals surface area contributed by atoms with Crippen molar-refractivity contribution in [2.45, 2.75) is 24.9 Å². The summed E-state index contributed by atoms with van der Waals surface area (Å²) < 4.78 is 29.4. The molecule has 1 fully saturated rings. The molecule has 1 atom stereocenters. The Morgan fingerprint density at radius 1 is 1.24 bits per heavy atom. The molecule has 0 bridgehead atoms. The van der Waals surface area contributed by atoms with Crippen LogP contribution < -0.4 is 5.32 Å². The summed E-state index contributed by atoms with van der Waals surface area (Å²) in [4.78, 5) is 12.7. The zero-order chi connectivity index (χ0) is 20.5. The Labute approximate surface area is 173 Å². The van der Waals surface area contributed by atoms with Crippen molar-refractivity contribution < 1.29 is 18.7 Å². The highest BCUT2D eigenvalue weighted by atomic mass is 79.9. The van der Waals surface area contributed by atoms with E-state index in [0.717, 1.165) is 35.1 Å². The molecule has 29 heavy (non-hydrogen) atoms. The van der Waals surface area contributed by atoms with E-state index in [4.69, 9.17) is 0 Å². The molecule has 3 aromatic rings. The quantitative estimate of drug-likeness (QED) is 0.585. The van der Waals surface area contributed by atoms with Crippen molar-refractivity contribution in [3.63, 3.8) is 0 Å². The minimum atomic E-state index is -1.31. The van der Waals surface area contributed by atoms with Gasteiger partial charge in [0.25, 0.3) is 5.91 Å². The Balaban J connectivity index is 1.52. The number of nitrogens with zero attached hydrogens (tertiary/aromatic N) is 3. The number of aromatic nitrogens is 3. The molecule has 1 aliphatic rings. The molecule has 2 aromatic carbocycles. The molecule has 1 amide bonds. The molecule has 2 N–H and O–H groups in total. The van der Waals surface area contributed by atoms with Gasteiger partial charge < -0.3 is 10.4 Å². The Hall–Kier alpha value is -2.65. The van der Waals surface area contributed by atoms with Crippen molar-refractivity contribution in [3.8, 4) is 5.69 Å². The van der Waals surface area contributed by atoms with Crippen molar-refractivity contribution >= 4 is 21.8 Å². The molecule has 150 valence electrons. The summed E-state index contributed by atoms with van der Waals surface area (Å²) in [5, 5.41) is 20.9. The molecule has 0 radical (unpaired) electrons. The number of hydrogen-bond acceptors (Lipinski definition) is 4. The van der Waals surface area contributed by atoms with Gasteiger partial charge in [-0.2, -0.15) is 0 Å². The fourth-order valence-electron chi connectivity index (χ4n) is 3.10. The van der Waals surface area contributed by atoms with Crippen molar-refractivity contribution in [2.75, 3.05) is 6.54 Å². The molecule has 0 saturated heterocycles. The Bertz CT molecular complexity index is 1050. The van der Waals surface area contributed by atoms with E-state index in [1.165, 1.54) is 0 Å². The van der Waals surface area contributed by atoms with E-state index < -0.39 is 23.6 Å². The first kappa shape index (κ1) is 19.7. The van der Waals surface area contributed by atoms with E-state index in [1.54, 1.807) is 4.68 Å². The highest BCUT2D eigenvalue weighted by Gasteiger charge is 2.34. The van der Waals surface area contributed by atoms with Crippen LogP contribution in [0.25, 0.3) is 5.69 Å². The Morgan fingerprint density at radius 2 is 1.97 bits per heavy atom. The second kappa shape index (κ2) is 8.00. The molecule has 1 unspecified atom stereocenters. The van der Waals surface area contributed by atoms with Gasteiger partial charge in [0.1, 0.15) is 11.6 Å². The second-order valence-corrected chi connectivity index (χ2v) is 7.79. The number of carbonyl (C=O) groups is 1. The standard InChI is InChI=1S/C20H17BrF2N4O2/c21-12-3-6-14(7-4-12)27-19(11-1-2-11)18(25-26-27)20(29)24-10-17(28)15-8-5-13(22)9-16(15)23/h3-9,11,17,28H,1-2,10H2,(H,24,29). The van der Waals surface area contributed by atoms with Crippen molar-refractivity contribution in [2.24, 2.45) is 0 Å². The summed E-state index contributed by atoms with van der Waals surface area (Å²) in [5.74, 6) is -1.92. The van der Waals surface area contributed by atoms with Gasteiger partial charge >= 0.3 is 0 Å². The van der Waals surface area contributed by atoms with Gasteiger partial charge in [-0.1, -0.05) is 27.2 Å². The first-order chi connectivity index (χ1) is 13.9. The van der Waals surface area contributed by atoms with E-state index in [0.29, 0.717) is 11.8 Å². The predicted octanol–water partition coefficient (Wildman–Crippen LogP) is 3.65. The molecule has 4 rings (SSSR count). The zero-order valence-electron chi connectivity index (χ0n) is 15.1. The van der Waals surface area contributed by atoms with E-state index in [9.17, 15) is 18.7 Å². The molecular weight excluding hydrogens is 446 g/mol. The van der Waals surface area contributed by atoms with Gasteiger partial charge in [-0.3, -0.25) is 4.79 Å². The first-order valence-corrected chi connectivity index (χ1v) is 9.86. The number of aliphatic hydroxyl groups is 1. The maximum absolute atomic E-state index is 13.8. The summed E-state index contributed by atoms with van der Waals surface area (Å²) in [5.41, 5.74) is 1.59. The average molecular weight is 463 g/mol. The van der Waals surface area contributed by atoms with Gasteiger partial charge in [0, 0.05) is 28.6 Å². The summed E-state index contributed by atoms with van der Waals surface area (Å²) in [6.07, 6.45) is 0.562. The number of hydrogen-bond donors (Lipinski definition) is 2. The smallest absolute Gasteiger partial charge is 0.273 e. The number of carbonyl (C=O) groups excluding carboxylic acids is 1. The molecule has 9 heteroatoms. The third-order valence-corrected chi connectivity index (χ3v) is 5.26. The normalized spacial score (nSPS) is 14.6. The lowest BCUT2D eigenvalue weighted by atomic mass is 10.1. The highest BCUT2D eigenvalue weighted by Crippen LogP contribution is 2.42. The maximum Gasteiger partial charge on any atom is 0.273 e. The predicted molar refractivity (Wildman–Crippen MR) is 105 cm³/mol. The third-order valence-electron chi connectivity index (χ3n) is 4.73. The second-order valence-electron chi connectivity index (χ2n) is 6.88. The lowest BCUT2D eigenvalue weighted by molar-refractivity contribution is 0.0908. The van der Waals surface area contributed by atoms with Crippen LogP contribution in [0.2, 0.25) is 0 Å². The molecule has 1 aromatic heterocycles. The van der Waals surface area contributed by atoms with Crippen LogP contribution in [-0.2, 0) is 0 Å². The Morgan fingerprint density at radius 3 is 2.62 bits per heavy atom. The first-order valence-electron chi connectivity index (χ1n) is 9.07. The van der Waals surface area contributed by atoms with Crippen LogP contribution in [0.3, 0.4) is 0 Å². The minimum absolute atomic E-state index is 0.0902. The van der Waals surface area contributed by atoms with Gasteiger partial charge in [0.2, 0.25) is 0 Å². The van der Waals surface area contributed by atoms with Gasteiger partial charge in [-0.25, -0.2) is 13.5 Å². The van der Waals surface area contributed by atoms with Crippen LogP contribution in [0.1, 0.15) is 46.6 Å². The largest absolute Gasteiger partial charge is 0.386 e. The molecule has 0 aliphatic heterocycles. The topological polar surface area (TPSA) is 80.0 Å². The SMILES string of the molecule is O=C(NCC(O)c1ccc(F)cc1F)c1nnn(-c2ccc(Br)cc2)c1C1CC1. The molecule has 1 heterocycles. The van der Waals surface area contributed by atoms with E-state index >= 15 is 0 Å². The highest BCUT2D eigenvalue weighted by molar-refractivity contribution is 9.10. The van der Waals surface area contributed by atoms with E-state index in [-0.39, 0.29) is 23.7 Å². The van der Waals surface area contributed by atoms with Gasteiger partial charge in [0.15, 0.2) is 5.69 Å². The molecule has 1 aliphatic carbocycles. The lowest BCUT2D eigenvalue weighted by Gasteiger charge is -2.13. The summed E-state index contributed by atoms with van der Waals surface area (Å²) in [6, 6.07) is 10.4. The summed E-state index contributed by atoms with van der Waals surface area (Å²) in [6.45, 7) is -0.239.